The molecule has 1 aromatic rings. The number of carbonyl (C=O) groups is 1. The fourth-order valence-corrected chi connectivity index (χ4v) is 2.61. The van der Waals surface area contributed by atoms with E-state index in [9.17, 15) is 18.0 Å². The van der Waals surface area contributed by atoms with Crippen molar-refractivity contribution < 1.29 is 18.0 Å². The van der Waals surface area contributed by atoms with Gasteiger partial charge in [0.15, 0.2) is 0 Å². The maximum Gasteiger partial charge on any atom is 0.416 e. The van der Waals surface area contributed by atoms with Crippen LogP contribution in [0.1, 0.15) is 44.9 Å². The number of halogens is 4. The fourth-order valence-electron chi connectivity index (χ4n) is 2.34. The zero-order valence-corrected chi connectivity index (χ0v) is 14.0. The van der Waals surface area contributed by atoms with Crippen LogP contribution < -0.4 is 0 Å². The van der Waals surface area contributed by atoms with Gasteiger partial charge in [0.05, 0.1) is 16.9 Å². The van der Waals surface area contributed by atoms with Crippen LogP contribution in [0.3, 0.4) is 0 Å². The average Bonchev–Trinajstić information content (AvgIpc) is 2.36. The minimum atomic E-state index is -4.35. The summed E-state index contributed by atoms with van der Waals surface area (Å²) >= 11 is 3.15. The summed E-state index contributed by atoms with van der Waals surface area (Å²) in [6, 6.07) is 4.63. The highest BCUT2D eigenvalue weighted by molar-refractivity contribution is 9.09. The van der Waals surface area contributed by atoms with Gasteiger partial charge in [-0.1, -0.05) is 28.1 Å². The van der Waals surface area contributed by atoms with Gasteiger partial charge in [-0.2, -0.15) is 13.2 Å². The van der Waals surface area contributed by atoms with E-state index < -0.39 is 17.3 Å². The molecule has 2 nitrogen and oxygen atoms in total. The third kappa shape index (κ3) is 4.46. The Bertz CT molecular complexity index is 491. The highest BCUT2D eigenvalue weighted by Gasteiger charge is 2.33. The molecule has 0 aliphatic rings. The van der Waals surface area contributed by atoms with Gasteiger partial charge >= 0.3 is 6.18 Å². The molecule has 0 saturated heterocycles. The van der Waals surface area contributed by atoms with Crippen LogP contribution >= 0.6 is 15.9 Å². The standard InChI is InChI=1S/C15H19BrF3NO/c1-10(20(13(21)9-16)14(2,3)4)11-5-7-12(8-6-11)15(17,18)19/h5-8,10H,9H2,1-4H3. The molecule has 0 N–H and O–H groups in total. The van der Waals surface area contributed by atoms with Crippen LogP contribution in [0.5, 0.6) is 0 Å². The molecule has 6 heteroatoms. The molecule has 1 amide bonds. The van der Waals surface area contributed by atoms with Gasteiger partial charge in [0.2, 0.25) is 5.91 Å². The van der Waals surface area contributed by atoms with Crippen molar-refractivity contribution in [3.8, 4) is 0 Å². The molecule has 0 heterocycles. The van der Waals surface area contributed by atoms with Gasteiger partial charge in [-0.3, -0.25) is 4.79 Å². The van der Waals surface area contributed by atoms with Crippen molar-refractivity contribution in [2.45, 2.75) is 45.5 Å². The second kappa shape index (κ2) is 6.38. The van der Waals surface area contributed by atoms with Gasteiger partial charge in [-0.05, 0) is 45.4 Å². The summed E-state index contributed by atoms with van der Waals surface area (Å²) in [6.45, 7) is 7.50. The Morgan fingerprint density at radius 2 is 1.67 bits per heavy atom. The molecule has 0 bridgehead atoms. The summed E-state index contributed by atoms with van der Waals surface area (Å²) in [6.07, 6.45) is -4.35. The normalized spacial score (nSPS) is 13.9. The lowest BCUT2D eigenvalue weighted by Crippen LogP contribution is -2.47. The lowest BCUT2D eigenvalue weighted by atomic mass is 9.98. The second-order valence-corrected chi connectivity index (χ2v) is 6.42. The van der Waals surface area contributed by atoms with E-state index in [4.69, 9.17) is 0 Å². The van der Waals surface area contributed by atoms with Crippen molar-refractivity contribution in [2.75, 3.05) is 5.33 Å². The Kier molecular flexibility index (Phi) is 5.47. The first kappa shape index (κ1) is 18.0. The van der Waals surface area contributed by atoms with E-state index in [2.05, 4.69) is 15.9 Å². The molecule has 0 radical (unpaired) electrons. The van der Waals surface area contributed by atoms with Crippen LogP contribution in [0, 0.1) is 0 Å². The van der Waals surface area contributed by atoms with Crippen molar-refractivity contribution in [1.29, 1.82) is 0 Å². The molecular formula is C15H19BrF3NO. The van der Waals surface area contributed by atoms with Gasteiger partial charge < -0.3 is 4.90 Å². The molecule has 1 atom stereocenters. The number of hydrogen-bond acceptors (Lipinski definition) is 1. The molecule has 118 valence electrons. The number of nitrogens with zero attached hydrogens (tertiary/aromatic N) is 1. The zero-order chi connectivity index (χ0) is 16.4. The molecule has 0 aliphatic carbocycles. The molecule has 0 aliphatic heterocycles. The van der Waals surface area contributed by atoms with Crippen molar-refractivity contribution in [3.63, 3.8) is 0 Å². The topological polar surface area (TPSA) is 20.3 Å². The third-order valence-corrected chi connectivity index (χ3v) is 3.69. The first-order chi connectivity index (χ1) is 9.48. The van der Waals surface area contributed by atoms with E-state index >= 15 is 0 Å². The van der Waals surface area contributed by atoms with E-state index in [1.165, 1.54) is 12.1 Å². The number of alkyl halides is 4. The van der Waals surface area contributed by atoms with Gasteiger partial charge in [0, 0.05) is 5.54 Å². The molecule has 0 saturated carbocycles. The first-order valence-electron chi connectivity index (χ1n) is 6.53. The van der Waals surface area contributed by atoms with Gasteiger partial charge in [-0.25, -0.2) is 0 Å². The number of hydrogen-bond donors (Lipinski definition) is 0. The first-order valence-corrected chi connectivity index (χ1v) is 7.66. The Balaban J connectivity index is 3.10. The van der Waals surface area contributed by atoms with Gasteiger partial charge in [0.1, 0.15) is 0 Å². The maximum atomic E-state index is 12.6. The van der Waals surface area contributed by atoms with Crippen LogP contribution in [-0.4, -0.2) is 21.7 Å². The van der Waals surface area contributed by atoms with Gasteiger partial charge in [0.25, 0.3) is 0 Å². The molecule has 0 spiro atoms. The Morgan fingerprint density at radius 3 is 2.00 bits per heavy atom. The monoisotopic (exact) mass is 365 g/mol. The van der Waals surface area contributed by atoms with Crippen molar-refractivity contribution in [1.82, 2.24) is 4.90 Å². The van der Waals surface area contributed by atoms with Crippen LogP contribution in [0.15, 0.2) is 24.3 Å². The van der Waals surface area contributed by atoms with E-state index in [0.717, 1.165) is 12.1 Å². The largest absolute Gasteiger partial charge is 0.416 e. The van der Waals surface area contributed by atoms with Crippen LogP contribution in [0.4, 0.5) is 13.2 Å². The Hall–Kier alpha value is -1.04. The highest BCUT2D eigenvalue weighted by Crippen LogP contribution is 2.32. The van der Waals surface area contributed by atoms with E-state index in [0.29, 0.717) is 5.56 Å². The lowest BCUT2D eigenvalue weighted by Gasteiger charge is -2.40. The average molecular weight is 366 g/mol. The number of carbonyl (C=O) groups excluding carboxylic acids is 1. The van der Waals surface area contributed by atoms with Crippen LogP contribution in [0.2, 0.25) is 0 Å². The Morgan fingerprint density at radius 1 is 1.19 bits per heavy atom. The zero-order valence-electron chi connectivity index (χ0n) is 12.5. The quantitative estimate of drug-likeness (QED) is 0.705. The second-order valence-electron chi connectivity index (χ2n) is 5.86. The third-order valence-electron chi connectivity index (χ3n) is 3.21. The van der Waals surface area contributed by atoms with Crippen molar-refractivity contribution in [2.24, 2.45) is 0 Å². The van der Waals surface area contributed by atoms with Crippen LogP contribution in [0.25, 0.3) is 0 Å². The summed E-state index contributed by atoms with van der Waals surface area (Å²) in [5, 5.41) is 0.176. The lowest BCUT2D eigenvalue weighted by molar-refractivity contribution is -0.138. The number of benzene rings is 1. The maximum absolute atomic E-state index is 12.6. The van der Waals surface area contributed by atoms with Gasteiger partial charge in [-0.15, -0.1) is 0 Å². The SMILES string of the molecule is CC(c1ccc(C(F)(F)F)cc1)N(C(=O)CBr)C(C)(C)C. The molecule has 21 heavy (non-hydrogen) atoms. The predicted octanol–water partition coefficient (Wildman–Crippen LogP) is 4.79. The highest BCUT2D eigenvalue weighted by atomic mass is 79.9. The summed E-state index contributed by atoms with van der Waals surface area (Å²) in [7, 11) is 0. The number of rotatable bonds is 3. The van der Waals surface area contributed by atoms with Crippen LogP contribution in [-0.2, 0) is 11.0 Å². The molecule has 1 unspecified atom stereocenters. The summed E-state index contributed by atoms with van der Waals surface area (Å²) in [4.78, 5) is 13.8. The smallest absolute Gasteiger partial charge is 0.330 e. The molecular weight excluding hydrogens is 347 g/mol. The summed E-state index contributed by atoms with van der Waals surface area (Å²) in [5.74, 6) is -0.102. The van der Waals surface area contributed by atoms with Crippen molar-refractivity contribution in [3.05, 3.63) is 35.4 Å². The van der Waals surface area contributed by atoms with E-state index in [1.54, 1.807) is 4.90 Å². The molecule has 0 fully saturated rings. The predicted molar refractivity (Wildman–Crippen MR) is 80.3 cm³/mol. The molecule has 0 aromatic heterocycles. The minimum absolute atomic E-state index is 0.102. The molecule has 1 aromatic carbocycles. The van der Waals surface area contributed by atoms with E-state index in [1.807, 2.05) is 27.7 Å². The minimum Gasteiger partial charge on any atom is -0.330 e. The summed E-state index contributed by atoms with van der Waals surface area (Å²) < 4.78 is 37.7. The van der Waals surface area contributed by atoms with E-state index in [-0.39, 0.29) is 17.3 Å². The van der Waals surface area contributed by atoms with Crippen molar-refractivity contribution >= 4 is 21.8 Å². The molecule has 1 rings (SSSR count). The fraction of sp³-hybridized carbons (Fsp3) is 0.533. The number of amides is 1. The Labute approximate surface area is 131 Å². The summed E-state index contributed by atoms with van der Waals surface area (Å²) in [5.41, 5.74) is -0.438.